The average Bonchev–Trinajstić information content (AvgIpc) is 3.02. The van der Waals surface area contributed by atoms with Crippen molar-refractivity contribution in [3.05, 3.63) is 41.4 Å². The molecule has 1 aromatic carbocycles. The van der Waals surface area contributed by atoms with Crippen molar-refractivity contribution >= 4 is 34.1 Å². The number of benzene rings is 1. The fourth-order valence-corrected chi connectivity index (χ4v) is 2.73. The summed E-state index contributed by atoms with van der Waals surface area (Å²) in [5.41, 5.74) is -0.531. The maximum absolute atomic E-state index is 12.6. The number of aromatic nitrogens is 1. The highest BCUT2D eigenvalue weighted by Crippen LogP contribution is 2.31. The Morgan fingerprint density at radius 1 is 1.12 bits per heavy atom. The molecular formula is C16H17F3N4O2S. The van der Waals surface area contributed by atoms with Gasteiger partial charge in [0.2, 0.25) is 5.91 Å². The smallest absolute Gasteiger partial charge is 0.326 e. The van der Waals surface area contributed by atoms with Crippen molar-refractivity contribution in [2.45, 2.75) is 26.1 Å². The van der Waals surface area contributed by atoms with Gasteiger partial charge in [0, 0.05) is 11.1 Å². The molecule has 1 heterocycles. The lowest BCUT2D eigenvalue weighted by Crippen LogP contribution is -2.48. The van der Waals surface area contributed by atoms with Gasteiger partial charge < -0.3 is 16.0 Å². The monoisotopic (exact) mass is 386 g/mol. The van der Waals surface area contributed by atoms with Crippen molar-refractivity contribution in [1.29, 1.82) is 0 Å². The molecule has 2 aromatic rings. The highest BCUT2D eigenvalue weighted by atomic mass is 32.1. The molecule has 1 atom stereocenters. The maximum atomic E-state index is 12.6. The molecule has 0 spiro atoms. The van der Waals surface area contributed by atoms with Gasteiger partial charge in [-0.15, -0.1) is 11.3 Å². The Bertz CT molecular complexity index is 762. The Labute approximate surface area is 151 Å². The van der Waals surface area contributed by atoms with E-state index >= 15 is 0 Å². The first kappa shape index (κ1) is 19.7. The molecule has 3 N–H and O–H groups in total. The summed E-state index contributed by atoms with van der Waals surface area (Å²) in [4.78, 5) is 27.7. The van der Waals surface area contributed by atoms with E-state index in [1.54, 1.807) is 44.2 Å². The van der Waals surface area contributed by atoms with Gasteiger partial charge in [0.15, 0.2) is 10.8 Å². The van der Waals surface area contributed by atoms with Crippen LogP contribution in [0.25, 0.3) is 0 Å². The number of halogens is 3. The fourth-order valence-electron chi connectivity index (χ4n) is 2.01. The fraction of sp³-hybridized carbons (Fsp3) is 0.312. The van der Waals surface area contributed by atoms with Gasteiger partial charge in [-0.25, -0.2) is 9.78 Å². The average molecular weight is 386 g/mol. The van der Waals surface area contributed by atoms with E-state index in [0.29, 0.717) is 17.0 Å². The zero-order chi connectivity index (χ0) is 19.3. The van der Waals surface area contributed by atoms with Gasteiger partial charge in [-0.05, 0) is 18.1 Å². The van der Waals surface area contributed by atoms with Gasteiger partial charge in [-0.3, -0.25) is 4.79 Å². The lowest BCUT2D eigenvalue weighted by Gasteiger charge is -2.21. The first-order chi connectivity index (χ1) is 12.2. The van der Waals surface area contributed by atoms with E-state index in [1.807, 2.05) is 0 Å². The Morgan fingerprint density at radius 3 is 2.31 bits per heavy atom. The summed E-state index contributed by atoms with van der Waals surface area (Å²) in [7, 11) is 0. The lowest BCUT2D eigenvalue weighted by molar-refractivity contribution is -0.140. The summed E-state index contributed by atoms with van der Waals surface area (Å²) in [5, 5.41) is 8.04. The topological polar surface area (TPSA) is 83.1 Å². The van der Waals surface area contributed by atoms with Gasteiger partial charge >= 0.3 is 12.2 Å². The molecule has 1 unspecified atom stereocenters. The molecule has 0 radical (unpaired) electrons. The van der Waals surface area contributed by atoms with Crippen LogP contribution in [-0.4, -0.2) is 23.0 Å². The van der Waals surface area contributed by atoms with Crippen LogP contribution >= 0.6 is 11.3 Å². The number of rotatable bonds is 5. The van der Waals surface area contributed by atoms with Crippen LogP contribution < -0.4 is 16.0 Å². The van der Waals surface area contributed by atoms with Gasteiger partial charge in [0.25, 0.3) is 0 Å². The van der Waals surface area contributed by atoms with Crippen LogP contribution in [0.1, 0.15) is 19.5 Å². The second-order valence-corrected chi connectivity index (χ2v) is 6.57. The minimum absolute atomic E-state index is 0.182. The summed E-state index contributed by atoms with van der Waals surface area (Å²) in [6.07, 6.45) is -4.58. The molecule has 0 aliphatic carbocycles. The van der Waals surface area contributed by atoms with E-state index in [9.17, 15) is 22.8 Å². The molecule has 0 fully saturated rings. The lowest BCUT2D eigenvalue weighted by atomic mass is 10.0. The molecule has 0 aliphatic rings. The van der Waals surface area contributed by atoms with Crippen molar-refractivity contribution < 1.29 is 22.8 Å². The third-order valence-electron chi connectivity index (χ3n) is 3.29. The highest BCUT2D eigenvalue weighted by molar-refractivity contribution is 7.13. The van der Waals surface area contributed by atoms with Crippen molar-refractivity contribution in [1.82, 2.24) is 10.3 Å². The number of hydrogen-bond donors (Lipinski definition) is 3. The second-order valence-electron chi connectivity index (χ2n) is 5.71. The number of nitrogens with zero attached hydrogens (tertiary/aromatic N) is 1. The molecule has 2 rings (SSSR count). The van der Waals surface area contributed by atoms with Crippen molar-refractivity contribution in [2.75, 3.05) is 10.6 Å². The van der Waals surface area contributed by atoms with Crippen LogP contribution in [0, 0.1) is 5.92 Å². The van der Waals surface area contributed by atoms with Gasteiger partial charge in [-0.2, -0.15) is 13.2 Å². The molecule has 0 saturated heterocycles. The van der Waals surface area contributed by atoms with E-state index in [-0.39, 0.29) is 11.0 Å². The quantitative estimate of drug-likeness (QED) is 0.728. The molecule has 1 aromatic heterocycles. The number of thiazole rings is 1. The third-order valence-corrected chi connectivity index (χ3v) is 4.05. The molecule has 140 valence electrons. The Kier molecular flexibility index (Phi) is 6.19. The molecule has 26 heavy (non-hydrogen) atoms. The van der Waals surface area contributed by atoms with Gasteiger partial charge in [0.05, 0.1) is 0 Å². The number of alkyl halides is 3. The van der Waals surface area contributed by atoms with Crippen LogP contribution in [0.15, 0.2) is 35.7 Å². The number of carbonyl (C=O) groups excluding carboxylic acids is 2. The summed E-state index contributed by atoms with van der Waals surface area (Å²) in [6.45, 7) is 3.41. The van der Waals surface area contributed by atoms with Crippen LogP contribution in [0.2, 0.25) is 0 Å². The van der Waals surface area contributed by atoms with E-state index < -0.39 is 29.9 Å². The number of hydrogen-bond acceptors (Lipinski definition) is 4. The van der Waals surface area contributed by atoms with E-state index in [1.165, 1.54) is 0 Å². The second kappa shape index (κ2) is 8.17. The number of amides is 3. The number of anilines is 2. The zero-order valence-corrected chi connectivity index (χ0v) is 14.7. The summed E-state index contributed by atoms with van der Waals surface area (Å²) < 4.78 is 37.7. The third kappa shape index (κ3) is 5.45. The SMILES string of the molecule is CC(C)C(NC(=O)Nc1ccccc1)C(=O)Nc1nc(C(F)(F)F)cs1. The van der Waals surface area contributed by atoms with E-state index in [4.69, 9.17) is 0 Å². The van der Waals surface area contributed by atoms with E-state index in [2.05, 4.69) is 20.9 Å². The normalized spacial score (nSPS) is 12.5. The van der Waals surface area contributed by atoms with E-state index in [0.717, 1.165) is 5.38 Å². The van der Waals surface area contributed by atoms with Crippen molar-refractivity contribution in [2.24, 2.45) is 5.92 Å². The summed E-state index contributed by atoms with van der Waals surface area (Å²) in [6, 6.07) is 7.08. The zero-order valence-electron chi connectivity index (χ0n) is 13.9. The Hall–Kier alpha value is -2.62. The largest absolute Gasteiger partial charge is 0.434 e. The molecule has 0 saturated carbocycles. The summed E-state index contributed by atoms with van der Waals surface area (Å²) in [5.74, 6) is -0.940. The minimum Gasteiger partial charge on any atom is -0.326 e. The molecular weight excluding hydrogens is 369 g/mol. The van der Waals surface area contributed by atoms with Gasteiger partial charge in [0.1, 0.15) is 6.04 Å². The highest BCUT2D eigenvalue weighted by Gasteiger charge is 2.34. The molecule has 0 aliphatic heterocycles. The van der Waals surface area contributed by atoms with Crippen molar-refractivity contribution in [3.63, 3.8) is 0 Å². The van der Waals surface area contributed by atoms with Crippen LogP contribution in [-0.2, 0) is 11.0 Å². The van der Waals surface area contributed by atoms with Crippen LogP contribution in [0.5, 0.6) is 0 Å². The summed E-state index contributed by atoms with van der Waals surface area (Å²) >= 11 is 0.664. The number of carbonyl (C=O) groups is 2. The van der Waals surface area contributed by atoms with Crippen LogP contribution in [0.3, 0.4) is 0 Å². The number of para-hydroxylation sites is 1. The standard InChI is InChI=1S/C16H17F3N4O2S/c1-9(2)12(22-14(25)20-10-6-4-3-5-7-10)13(24)23-15-21-11(8-26-15)16(17,18)19/h3-9,12H,1-2H3,(H2,20,22,25)(H,21,23,24). The minimum atomic E-state index is -4.58. The first-order valence-corrected chi connectivity index (χ1v) is 8.51. The predicted molar refractivity (Wildman–Crippen MR) is 93.0 cm³/mol. The van der Waals surface area contributed by atoms with Crippen LogP contribution in [0.4, 0.5) is 28.8 Å². The Morgan fingerprint density at radius 2 is 1.77 bits per heavy atom. The molecule has 10 heteroatoms. The first-order valence-electron chi connectivity index (χ1n) is 7.63. The molecule has 6 nitrogen and oxygen atoms in total. The van der Waals surface area contributed by atoms with Crippen molar-refractivity contribution in [3.8, 4) is 0 Å². The molecule has 3 amide bonds. The predicted octanol–water partition coefficient (Wildman–Crippen LogP) is 3.95. The molecule has 0 bridgehead atoms. The number of nitrogens with one attached hydrogen (secondary N) is 3. The maximum Gasteiger partial charge on any atom is 0.434 e. The van der Waals surface area contributed by atoms with Gasteiger partial charge in [-0.1, -0.05) is 32.0 Å². The number of urea groups is 1. The Balaban J connectivity index is 2.01.